The average molecular weight is 517 g/mol. The zero-order chi connectivity index (χ0) is 26.0. The number of alkyl halides is 3. The van der Waals surface area contributed by atoms with Crippen LogP contribution in [0.3, 0.4) is 0 Å². The van der Waals surface area contributed by atoms with Gasteiger partial charge in [0, 0.05) is 6.54 Å². The Morgan fingerprint density at radius 2 is 1.74 bits per heavy atom. The van der Waals surface area contributed by atoms with Crippen molar-refractivity contribution in [2.75, 3.05) is 44.8 Å². The van der Waals surface area contributed by atoms with Crippen LogP contribution in [0.2, 0.25) is 5.02 Å². The van der Waals surface area contributed by atoms with Gasteiger partial charge >= 0.3 is 12.1 Å². The van der Waals surface area contributed by atoms with Gasteiger partial charge in [-0.1, -0.05) is 25.4 Å². The number of anilines is 1. The van der Waals surface area contributed by atoms with Gasteiger partial charge in [-0.05, 0) is 56.4 Å². The van der Waals surface area contributed by atoms with Crippen LogP contribution in [-0.2, 0) is 15.7 Å². The molecule has 0 fully saturated rings. The fraction of sp³-hybridized carbons (Fsp3) is 0.417. The van der Waals surface area contributed by atoms with E-state index in [4.69, 9.17) is 25.8 Å². The lowest BCUT2D eigenvalue weighted by molar-refractivity contribution is -0.137. The molecular formula is C24H28ClF3N2O5. The molecule has 0 heterocycles. The molecule has 0 aliphatic heterocycles. The number of carbonyl (C=O) groups is 2. The number of amides is 1. The van der Waals surface area contributed by atoms with Gasteiger partial charge in [-0.3, -0.25) is 4.79 Å². The van der Waals surface area contributed by atoms with Gasteiger partial charge in [-0.15, -0.1) is 0 Å². The van der Waals surface area contributed by atoms with Crippen LogP contribution in [0.15, 0.2) is 36.4 Å². The molecule has 0 bridgehead atoms. The molecule has 0 saturated carbocycles. The van der Waals surface area contributed by atoms with Gasteiger partial charge in [-0.2, -0.15) is 13.2 Å². The summed E-state index contributed by atoms with van der Waals surface area (Å²) >= 11 is 5.84. The number of benzene rings is 2. The van der Waals surface area contributed by atoms with Crippen molar-refractivity contribution >= 4 is 29.2 Å². The number of esters is 1. The van der Waals surface area contributed by atoms with Crippen LogP contribution in [0.4, 0.5) is 18.9 Å². The van der Waals surface area contributed by atoms with Gasteiger partial charge in [0.05, 0.1) is 28.4 Å². The Bertz CT molecular complexity index is 1010. The van der Waals surface area contributed by atoms with Gasteiger partial charge in [0.15, 0.2) is 6.61 Å². The van der Waals surface area contributed by atoms with Gasteiger partial charge in [-0.25, -0.2) is 4.79 Å². The highest BCUT2D eigenvalue weighted by molar-refractivity contribution is 6.32. The molecule has 7 nitrogen and oxygen atoms in total. The van der Waals surface area contributed by atoms with Crippen molar-refractivity contribution in [3.8, 4) is 11.5 Å². The molecule has 0 saturated heterocycles. The number of nitrogens with zero attached hydrogens (tertiary/aromatic N) is 1. The predicted octanol–water partition coefficient (Wildman–Crippen LogP) is 5.27. The normalized spacial score (nSPS) is 11.3. The van der Waals surface area contributed by atoms with E-state index in [1.165, 1.54) is 12.1 Å². The number of halogens is 4. The molecule has 192 valence electrons. The summed E-state index contributed by atoms with van der Waals surface area (Å²) in [7, 11) is 0. The molecule has 0 atom stereocenters. The van der Waals surface area contributed by atoms with E-state index in [1.54, 1.807) is 13.0 Å². The lowest BCUT2D eigenvalue weighted by Crippen LogP contribution is -2.28. The van der Waals surface area contributed by atoms with Crippen LogP contribution in [0.1, 0.15) is 36.7 Å². The SMILES string of the molecule is CCOC(=O)c1cc(OCCN(CC)CC)ccc1NC(=O)COc1ccc(C(F)(F)F)cc1Cl. The van der Waals surface area contributed by atoms with Gasteiger partial charge in [0.2, 0.25) is 0 Å². The second-order valence-electron chi connectivity index (χ2n) is 7.28. The molecule has 0 unspecified atom stereocenters. The van der Waals surface area contributed by atoms with Gasteiger partial charge < -0.3 is 24.4 Å². The topological polar surface area (TPSA) is 77.1 Å². The molecule has 2 aromatic carbocycles. The summed E-state index contributed by atoms with van der Waals surface area (Å²) in [5.74, 6) is -0.950. The summed E-state index contributed by atoms with van der Waals surface area (Å²) in [5.41, 5.74) is -0.669. The van der Waals surface area contributed by atoms with Crippen molar-refractivity contribution in [3.63, 3.8) is 0 Å². The minimum absolute atomic E-state index is 0.0858. The van der Waals surface area contributed by atoms with E-state index >= 15 is 0 Å². The second kappa shape index (κ2) is 13.2. The zero-order valence-corrected chi connectivity index (χ0v) is 20.5. The Hall–Kier alpha value is -2.98. The number of ether oxygens (including phenoxy) is 3. The molecule has 2 rings (SSSR count). The molecule has 35 heavy (non-hydrogen) atoms. The first kappa shape index (κ1) is 28.3. The van der Waals surface area contributed by atoms with Crippen molar-refractivity contribution < 1.29 is 37.0 Å². The third-order valence-corrected chi connectivity index (χ3v) is 5.24. The Labute approximate surface area is 207 Å². The maximum atomic E-state index is 12.8. The lowest BCUT2D eigenvalue weighted by atomic mass is 10.1. The van der Waals surface area contributed by atoms with E-state index in [0.717, 1.165) is 25.2 Å². The Balaban J connectivity index is 2.07. The van der Waals surface area contributed by atoms with E-state index in [9.17, 15) is 22.8 Å². The van der Waals surface area contributed by atoms with Crippen molar-refractivity contribution in [3.05, 3.63) is 52.5 Å². The molecule has 0 aliphatic carbocycles. The van der Waals surface area contributed by atoms with Crippen LogP contribution >= 0.6 is 11.6 Å². The highest BCUT2D eigenvalue weighted by Crippen LogP contribution is 2.34. The minimum Gasteiger partial charge on any atom is -0.492 e. The maximum Gasteiger partial charge on any atom is 0.416 e. The van der Waals surface area contributed by atoms with E-state index in [0.29, 0.717) is 25.0 Å². The van der Waals surface area contributed by atoms with Gasteiger partial charge in [0.1, 0.15) is 18.1 Å². The number of likely N-dealkylation sites (N-methyl/N-ethyl adjacent to an activating group) is 1. The predicted molar refractivity (Wildman–Crippen MR) is 126 cm³/mol. The molecule has 0 spiro atoms. The maximum absolute atomic E-state index is 12.8. The number of nitrogens with one attached hydrogen (secondary N) is 1. The van der Waals surface area contributed by atoms with Crippen LogP contribution in [0, 0.1) is 0 Å². The Morgan fingerprint density at radius 3 is 2.34 bits per heavy atom. The van der Waals surface area contributed by atoms with E-state index in [-0.39, 0.29) is 28.6 Å². The first-order valence-corrected chi connectivity index (χ1v) is 11.4. The van der Waals surface area contributed by atoms with E-state index in [1.807, 2.05) is 0 Å². The van der Waals surface area contributed by atoms with Crippen LogP contribution < -0.4 is 14.8 Å². The van der Waals surface area contributed by atoms with Crippen molar-refractivity contribution in [1.82, 2.24) is 4.90 Å². The largest absolute Gasteiger partial charge is 0.492 e. The van der Waals surface area contributed by atoms with Crippen molar-refractivity contribution in [2.24, 2.45) is 0 Å². The minimum atomic E-state index is -4.55. The first-order valence-electron chi connectivity index (χ1n) is 11.0. The fourth-order valence-corrected chi connectivity index (χ4v) is 3.29. The summed E-state index contributed by atoms with van der Waals surface area (Å²) in [6.07, 6.45) is -4.55. The summed E-state index contributed by atoms with van der Waals surface area (Å²) in [6.45, 7) is 8.25. The molecule has 0 radical (unpaired) electrons. The van der Waals surface area contributed by atoms with E-state index < -0.39 is 30.2 Å². The molecular weight excluding hydrogens is 489 g/mol. The number of hydrogen-bond acceptors (Lipinski definition) is 6. The third kappa shape index (κ3) is 8.63. The Morgan fingerprint density at radius 1 is 1.03 bits per heavy atom. The van der Waals surface area contributed by atoms with Crippen molar-refractivity contribution in [2.45, 2.75) is 26.9 Å². The molecule has 0 aromatic heterocycles. The number of rotatable bonds is 12. The highest BCUT2D eigenvalue weighted by atomic mass is 35.5. The van der Waals surface area contributed by atoms with Crippen LogP contribution in [0.25, 0.3) is 0 Å². The Kier molecular flexibility index (Phi) is 10.7. The number of carbonyl (C=O) groups excluding carboxylic acids is 2. The standard InChI is InChI=1S/C24H28ClF3N2O5/c1-4-30(5-2)11-12-34-17-8-9-20(18(14-17)23(32)33-6-3)29-22(31)15-35-21-10-7-16(13-19(21)25)24(26,27)28/h7-10,13-14H,4-6,11-12,15H2,1-3H3,(H,29,31). The molecule has 2 aromatic rings. The third-order valence-electron chi connectivity index (χ3n) is 4.95. The van der Waals surface area contributed by atoms with Crippen LogP contribution in [0.5, 0.6) is 11.5 Å². The second-order valence-corrected chi connectivity index (χ2v) is 7.69. The summed E-state index contributed by atoms with van der Waals surface area (Å²) in [5, 5.41) is 2.26. The highest BCUT2D eigenvalue weighted by Gasteiger charge is 2.31. The average Bonchev–Trinajstić information content (AvgIpc) is 2.81. The molecule has 1 amide bonds. The quantitative estimate of drug-likeness (QED) is 0.387. The van der Waals surface area contributed by atoms with E-state index in [2.05, 4.69) is 24.1 Å². The molecule has 1 N–H and O–H groups in total. The number of hydrogen-bond donors (Lipinski definition) is 1. The first-order chi connectivity index (χ1) is 16.6. The molecule has 0 aliphatic rings. The lowest BCUT2D eigenvalue weighted by Gasteiger charge is -2.18. The fourth-order valence-electron chi connectivity index (χ4n) is 3.06. The zero-order valence-electron chi connectivity index (χ0n) is 19.7. The summed E-state index contributed by atoms with van der Waals surface area (Å²) < 4.78 is 54.4. The molecule has 11 heteroatoms. The monoisotopic (exact) mass is 516 g/mol. The smallest absolute Gasteiger partial charge is 0.416 e. The summed E-state index contributed by atoms with van der Waals surface area (Å²) in [4.78, 5) is 27.0. The van der Waals surface area contributed by atoms with Crippen LogP contribution in [-0.4, -0.2) is 56.2 Å². The van der Waals surface area contributed by atoms with Crippen molar-refractivity contribution in [1.29, 1.82) is 0 Å². The van der Waals surface area contributed by atoms with Gasteiger partial charge in [0.25, 0.3) is 5.91 Å². The summed E-state index contributed by atoms with van der Waals surface area (Å²) in [6, 6.07) is 7.13.